The Kier molecular flexibility index (Phi) is 3.04. The fourth-order valence-corrected chi connectivity index (χ4v) is 1.42. The number of amides is 1. The van der Waals surface area contributed by atoms with Crippen molar-refractivity contribution in [3.63, 3.8) is 0 Å². The zero-order valence-corrected chi connectivity index (χ0v) is 9.45. The molecule has 0 fully saturated rings. The minimum absolute atomic E-state index is 0.147. The highest BCUT2D eigenvalue weighted by Gasteiger charge is 2.18. The highest BCUT2D eigenvalue weighted by atomic mass is 16.6. The van der Waals surface area contributed by atoms with Gasteiger partial charge in [-0.3, -0.25) is 20.0 Å². The van der Waals surface area contributed by atoms with Crippen molar-refractivity contribution < 1.29 is 9.72 Å². The van der Waals surface area contributed by atoms with Crippen LogP contribution in [0.1, 0.15) is 16.3 Å². The molecule has 0 unspecified atom stereocenters. The van der Waals surface area contributed by atoms with Crippen molar-refractivity contribution in [2.45, 2.75) is 6.54 Å². The van der Waals surface area contributed by atoms with Gasteiger partial charge in [0.05, 0.1) is 17.7 Å². The molecule has 9 heteroatoms. The Bertz CT molecular complexity index is 561. The van der Waals surface area contributed by atoms with Crippen LogP contribution in [0.2, 0.25) is 0 Å². The van der Waals surface area contributed by atoms with E-state index < -0.39 is 4.92 Å². The van der Waals surface area contributed by atoms with E-state index in [4.69, 9.17) is 0 Å². The number of rotatable bonds is 4. The zero-order valence-electron chi connectivity index (χ0n) is 9.45. The minimum atomic E-state index is -0.566. The van der Waals surface area contributed by atoms with E-state index in [0.29, 0.717) is 5.82 Å². The number of hydrogen-bond acceptors (Lipinski definition) is 5. The lowest BCUT2D eigenvalue weighted by Gasteiger charge is -2.13. The van der Waals surface area contributed by atoms with Gasteiger partial charge in [0.15, 0.2) is 0 Å². The van der Waals surface area contributed by atoms with Crippen LogP contribution in [0.25, 0.3) is 0 Å². The van der Waals surface area contributed by atoms with Gasteiger partial charge < -0.3 is 9.88 Å². The van der Waals surface area contributed by atoms with E-state index in [2.05, 4.69) is 20.2 Å². The Morgan fingerprint density at radius 3 is 2.94 bits per heavy atom. The first-order valence-electron chi connectivity index (χ1n) is 5.00. The summed E-state index contributed by atoms with van der Waals surface area (Å²) in [6.07, 6.45) is 2.52. The van der Waals surface area contributed by atoms with Crippen LogP contribution in [0.3, 0.4) is 0 Å². The molecule has 0 aliphatic carbocycles. The average molecular weight is 250 g/mol. The highest BCUT2D eigenvalue weighted by Crippen LogP contribution is 2.13. The minimum Gasteiger partial charge on any atom is -0.351 e. The van der Waals surface area contributed by atoms with Crippen molar-refractivity contribution in [1.82, 2.24) is 25.1 Å². The van der Waals surface area contributed by atoms with Crippen molar-refractivity contribution in [3.05, 3.63) is 40.2 Å². The molecule has 2 aromatic heterocycles. The normalized spacial score (nSPS) is 10.3. The highest BCUT2D eigenvalue weighted by molar-refractivity contribution is 5.92. The number of nitro groups is 1. The maximum absolute atomic E-state index is 11.9. The van der Waals surface area contributed by atoms with Gasteiger partial charge in [0.2, 0.25) is 0 Å². The first-order chi connectivity index (χ1) is 8.58. The van der Waals surface area contributed by atoms with E-state index in [9.17, 15) is 14.9 Å². The summed E-state index contributed by atoms with van der Waals surface area (Å²) < 4.78 is 0. The molecule has 9 nitrogen and oxygen atoms in total. The van der Waals surface area contributed by atoms with Gasteiger partial charge in [0, 0.05) is 13.1 Å². The lowest BCUT2D eigenvalue weighted by atomic mass is 10.3. The molecule has 0 atom stereocenters. The third-order valence-electron chi connectivity index (χ3n) is 2.31. The van der Waals surface area contributed by atoms with Crippen molar-refractivity contribution in [3.8, 4) is 0 Å². The fourth-order valence-electron chi connectivity index (χ4n) is 1.42. The number of carbonyl (C=O) groups excluding carboxylic acids is 1. The second kappa shape index (κ2) is 4.65. The van der Waals surface area contributed by atoms with Crippen molar-refractivity contribution in [2.75, 3.05) is 7.05 Å². The topological polar surface area (TPSA) is 121 Å². The predicted molar refractivity (Wildman–Crippen MR) is 59.6 cm³/mol. The second-order valence-corrected chi connectivity index (χ2v) is 3.62. The maximum atomic E-state index is 11.9. The summed E-state index contributed by atoms with van der Waals surface area (Å²) in [6, 6.07) is 1.19. The van der Waals surface area contributed by atoms with Gasteiger partial charge in [0.25, 0.3) is 11.6 Å². The molecule has 2 rings (SSSR count). The third-order valence-corrected chi connectivity index (χ3v) is 2.31. The summed E-state index contributed by atoms with van der Waals surface area (Å²) in [5.41, 5.74) is 0.00938. The number of hydrogen-bond donors (Lipinski definition) is 2. The van der Waals surface area contributed by atoms with Gasteiger partial charge in [0.1, 0.15) is 17.8 Å². The molecular formula is C9H10N6O3. The first-order valence-corrected chi connectivity index (χ1v) is 5.00. The number of nitrogens with zero attached hydrogens (tertiary/aromatic N) is 4. The summed E-state index contributed by atoms with van der Waals surface area (Å²) in [5, 5.41) is 16.8. The van der Waals surface area contributed by atoms with E-state index in [1.807, 2.05) is 0 Å². The number of carbonyl (C=O) groups is 1. The van der Waals surface area contributed by atoms with Crippen LogP contribution < -0.4 is 0 Å². The molecule has 0 aliphatic heterocycles. The standard InChI is InChI=1S/C9H10N6O3/c1-14(4-8-11-5-12-13-8)9(16)7-2-6(3-10-7)15(17)18/h2-3,5,10H,4H2,1H3,(H,11,12,13). The number of aromatic nitrogens is 4. The summed E-state index contributed by atoms with van der Waals surface area (Å²) in [7, 11) is 1.57. The van der Waals surface area contributed by atoms with Crippen molar-refractivity contribution >= 4 is 11.6 Å². The molecular weight excluding hydrogens is 240 g/mol. The molecule has 0 saturated heterocycles. The number of H-pyrrole nitrogens is 2. The van der Waals surface area contributed by atoms with Gasteiger partial charge >= 0.3 is 0 Å². The van der Waals surface area contributed by atoms with Gasteiger partial charge in [-0.2, -0.15) is 5.10 Å². The SMILES string of the molecule is CN(Cc1ncn[nH]1)C(=O)c1cc([N+](=O)[O-])c[nH]1. The first kappa shape index (κ1) is 11.8. The molecule has 2 N–H and O–H groups in total. The summed E-state index contributed by atoms with van der Waals surface area (Å²) in [5.74, 6) is 0.173. The Morgan fingerprint density at radius 1 is 1.61 bits per heavy atom. The molecule has 0 saturated carbocycles. The predicted octanol–water partition coefficient (Wildman–Crippen LogP) is 0.313. The van der Waals surface area contributed by atoms with E-state index in [1.165, 1.54) is 23.5 Å². The zero-order chi connectivity index (χ0) is 13.1. The van der Waals surface area contributed by atoms with Crippen LogP contribution in [0.4, 0.5) is 5.69 Å². The fraction of sp³-hybridized carbons (Fsp3) is 0.222. The van der Waals surface area contributed by atoms with E-state index in [-0.39, 0.29) is 23.8 Å². The Hall–Kier alpha value is -2.71. The molecule has 0 aromatic carbocycles. The second-order valence-electron chi connectivity index (χ2n) is 3.62. The summed E-state index contributed by atoms with van der Waals surface area (Å²) in [4.78, 5) is 29.7. The molecule has 2 aromatic rings. The van der Waals surface area contributed by atoms with Gasteiger partial charge in [-0.25, -0.2) is 4.98 Å². The Balaban J connectivity index is 2.08. The number of aromatic amines is 2. The quantitative estimate of drug-likeness (QED) is 0.597. The van der Waals surface area contributed by atoms with E-state index in [1.54, 1.807) is 7.05 Å². The molecule has 0 bridgehead atoms. The molecule has 18 heavy (non-hydrogen) atoms. The van der Waals surface area contributed by atoms with Crippen LogP contribution in [-0.2, 0) is 6.54 Å². The van der Waals surface area contributed by atoms with E-state index in [0.717, 1.165) is 0 Å². The molecule has 0 spiro atoms. The number of nitrogens with one attached hydrogen (secondary N) is 2. The van der Waals surface area contributed by atoms with Crippen LogP contribution in [0.5, 0.6) is 0 Å². The Labute approximate surface area is 101 Å². The largest absolute Gasteiger partial charge is 0.351 e. The molecule has 94 valence electrons. The van der Waals surface area contributed by atoms with Gasteiger partial charge in [-0.1, -0.05) is 0 Å². The third kappa shape index (κ3) is 2.34. The maximum Gasteiger partial charge on any atom is 0.287 e. The van der Waals surface area contributed by atoms with Crippen LogP contribution in [-0.4, -0.2) is 42.9 Å². The summed E-state index contributed by atoms with van der Waals surface area (Å²) >= 11 is 0. The van der Waals surface area contributed by atoms with Crippen molar-refractivity contribution in [2.24, 2.45) is 0 Å². The smallest absolute Gasteiger partial charge is 0.287 e. The molecule has 2 heterocycles. The summed E-state index contributed by atoms with van der Waals surface area (Å²) in [6.45, 7) is 0.242. The Morgan fingerprint density at radius 2 is 2.39 bits per heavy atom. The van der Waals surface area contributed by atoms with Gasteiger partial charge in [-0.15, -0.1) is 0 Å². The molecule has 0 aliphatic rings. The average Bonchev–Trinajstić information content (AvgIpc) is 2.98. The lowest BCUT2D eigenvalue weighted by Crippen LogP contribution is -2.27. The van der Waals surface area contributed by atoms with Crippen LogP contribution in [0, 0.1) is 10.1 Å². The van der Waals surface area contributed by atoms with E-state index >= 15 is 0 Å². The van der Waals surface area contributed by atoms with Gasteiger partial charge in [-0.05, 0) is 0 Å². The molecule has 1 amide bonds. The molecule has 0 radical (unpaired) electrons. The van der Waals surface area contributed by atoms with Crippen LogP contribution in [0.15, 0.2) is 18.6 Å². The lowest BCUT2D eigenvalue weighted by molar-refractivity contribution is -0.384. The van der Waals surface area contributed by atoms with Crippen LogP contribution >= 0.6 is 0 Å². The monoisotopic (exact) mass is 250 g/mol. The van der Waals surface area contributed by atoms with Crippen molar-refractivity contribution in [1.29, 1.82) is 0 Å².